The molecule has 78 valence electrons. The van der Waals surface area contributed by atoms with E-state index in [0.717, 1.165) is 12.3 Å². The van der Waals surface area contributed by atoms with Crippen molar-refractivity contribution in [1.29, 1.82) is 5.26 Å². The van der Waals surface area contributed by atoms with Crippen LogP contribution in [0.25, 0.3) is 0 Å². The van der Waals surface area contributed by atoms with Gasteiger partial charge in [-0.3, -0.25) is 4.79 Å². The van der Waals surface area contributed by atoms with Crippen LogP contribution in [-0.4, -0.2) is 17.6 Å². The van der Waals surface area contributed by atoms with Gasteiger partial charge in [0, 0.05) is 6.20 Å². The van der Waals surface area contributed by atoms with Crippen molar-refractivity contribution in [3.8, 4) is 11.9 Å². The van der Waals surface area contributed by atoms with Gasteiger partial charge in [0.25, 0.3) is 0 Å². The molecular weight excluding hydrogens is 213 g/mol. The number of carbonyl (C=O) groups excluding carboxylic acids is 1. The van der Waals surface area contributed by atoms with Crippen molar-refractivity contribution in [2.24, 2.45) is 0 Å². The van der Waals surface area contributed by atoms with Gasteiger partial charge in [0.2, 0.25) is 5.88 Å². The number of ether oxygens (including phenoxy) is 1. The second kappa shape index (κ2) is 3.96. The molecule has 15 heavy (non-hydrogen) atoms. The summed E-state index contributed by atoms with van der Waals surface area (Å²) in [7, 11) is 0. The van der Waals surface area contributed by atoms with Crippen LogP contribution >= 0.6 is 0 Å². The molecule has 0 unspecified atom stereocenters. The van der Waals surface area contributed by atoms with Gasteiger partial charge in [-0.1, -0.05) is 0 Å². The number of halogens is 3. The van der Waals surface area contributed by atoms with Gasteiger partial charge in [-0.25, -0.2) is 4.98 Å². The van der Waals surface area contributed by atoms with E-state index in [2.05, 4.69) is 9.72 Å². The van der Waals surface area contributed by atoms with E-state index in [1.54, 1.807) is 6.07 Å². The molecule has 0 aliphatic carbocycles. The van der Waals surface area contributed by atoms with E-state index in [0.29, 0.717) is 0 Å². The lowest BCUT2D eigenvalue weighted by Crippen LogP contribution is -2.19. The minimum absolute atomic E-state index is 0.0899. The highest BCUT2D eigenvalue weighted by Crippen LogP contribution is 2.24. The van der Waals surface area contributed by atoms with Crippen molar-refractivity contribution >= 4 is 6.29 Å². The molecule has 0 N–H and O–H groups in total. The average Bonchev–Trinajstić information content (AvgIpc) is 2.15. The van der Waals surface area contributed by atoms with Crippen LogP contribution < -0.4 is 4.74 Å². The third kappa shape index (κ3) is 2.67. The van der Waals surface area contributed by atoms with Crippen LogP contribution in [0.15, 0.2) is 12.3 Å². The van der Waals surface area contributed by atoms with Gasteiger partial charge in [-0.15, -0.1) is 13.2 Å². The standard InChI is InChI=1S/C8H3F3N2O2/c9-8(10,11)15-7-6(4-14)5(3-12)1-2-13-7/h1-2,4H. The van der Waals surface area contributed by atoms with Gasteiger partial charge in [0.15, 0.2) is 6.29 Å². The molecular formula is C8H3F3N2O2. The van der Waals surface area contributed by atoms with Gasteiger partial charge < -0.3 is 4.74 Å². The summed E-state index contributed by atoms with van der Waals surface area (Å²) in [5.41, 5.74) is -0.739. The van der Waals surface area contributed by atoms with Crippen molar-refractivity contribution < 1.29 is 22.7 Å². The van der Waals surface area contributed by atoms with Crippen molar-refractivity contribution in [3.05, 3.63) is 23.4 Å². The summed E-state index contributed by atoms with van der Waals surface area (Å²) in [5.74, 6) is -0.920. The summed E-state index contributed by atoms with van der Waals surface area (Å²) in [4.78, 5) is 13.7. The lowest BCUT2D eigenvalue weighted by Gasteiger charge is -2.09. The molecule has 1 rings (SSSR count). The topological polar surface area (TPSA) is 63.0 Å². The fourth-order valence-corrected chi connectivity index (χ4v) is 0.856. The average molecular weight is 216 g/mol. The maximum atomic E-state index is 11.8. The fraction of sp³-hybridized carbons (Fsp3) is 0.125. The van der Waals surface area contributed by atoms with E-state index >= 15 is 0 Å². The van der Waals surface area contributed by atoms with Crippen LogP contribution in [0.2, 0.25) is 0 Å². The maximum Gasteiger partial charge on any atom is 0.574 e. The van der Waals surface area contributed by atoms with Crippen LogP contribution in [0.4, 0.5) is 13.2 Å². The van der Waals surface area contributed by atoms with Gasteiger partial charge in [0.1, 0.15) is 6.07 Å². The summed E-state index contributed by atoms with van der Waals surface area (Å²) in [5, 5.41) is 8.50. The lowest BCUT2D eigenvalue weighted by atomic mass is 10.2. The van der Waals surface area contributed by atoms with Crippen molar-refractivity contribution in [3.63, 3.8) is 0 Å². The number of alkyl halides is 3. The summed E-state index contributed by atoms with van der Waals surface area (Å²) >= 11 is 0. The number of hydrogen-bond acceptors (Lipinski definition) is 4. The summed E-state index contributed by atoms with van der Waals surface area (Å²) in [6.45, 7) is 0. The van der Waals surface area contributed by atoms with Crippen molar-refractivity contribution in [1.82, 2.24) is 4.98 Å². The van der Waals surface area contributed by atoms with Gasteiger partial charge in [0.05, 0.1) is 11.1 Å². The minimum Gasteiger partial charge on any atom is -0.387 e. The normalized spacial score (nSPS) is 10.5. The number of rotatable bonds is 2. The predicted octanol–water partition coefficient (Wildman–Crippen LogP) is 1.66. The molecule has 0 aliphatic heterocycles. The number of pyridine rings is 1. The lowest BCUT2D eigenvalue weighted by molar-refractivity contribution is -0.276. The van der Waals surface area contributed by atoms with E-state index in [9.17, 15) is 18.0 Å². The molecule has 4 nitrogen and oxygen atoms in total. The van der Waals surface area contributed by atoms with Crippen LogP contribution in [0.3, 0.4) is 0 Å². The van der Waals surface area contributed by atoms with Gasteiger partial charge in [-0.2, -0.15) is 5.26 Å². The van der Waals surface area contributed by atoms with Crippen LogP contribution in [0.1, 0.15) is 15.9 Å². The van der Waals surface area contributed by atoms with Gasteiger partial charge in [-0.05, 0) is 6.07 Å². The molecule has 0 fully saturated rings. The Morgan fingerprint density at radius 1 is 1.53 bits per heavy atom. The predicted molar refractivity (Wildman–Crippen MR) is 41.0 cm³/mol. The third-order valence-electron chi connectivity index (χ3n) is 1.40. The quantitative estimate of drug-likeness (QED) is 0.705. The zero-order chi connectivity index (χ0) is 11.5. The summed E-state index contributed by atoms with van der Waals surface area (Å²) in [6, 6.07) is 2.67. The third-order valence-corrected chi connectivity index (χ3v) is 1.40. The summed E-state index contributed by atoms with van der Waals surface area (Å²) < 4.78 is 39.0. The van der Waals surface area contributed by atoms with Gasteiger partial charge >= 0.3 is 6.36 Å². The second-order valence-corrected chi connectivity index (χ2v) is 2.35. The molecule has 0 amide bonds. The summed E-state index contributed by atoms with van der Waals surface area (Å²) in [6.07, 6.45) is -3.90. The minimum atomic E-state index is -4.95. The highest BCUT2D eigenvalue weighted by Gasteiger charge is 2.33. The number of nitriles is 1. The highest BCUT2D eigenvalue weighted by molar-refractivity contribution is 5.82. The number of aromatic nitrogens is 1. The Morgan fingerprint density at radius 3 is 2.67 bits per heavy atom. The molecule has 0 radical (unpaired) electrons. The molecule has 0 aromatic carbocycles. The molecule has 1 aromatic heterocycles. The Hall–Kier alpha value is -2.10. The van der Waals surface area contributed by atoms with E-state index in [1.807, 2.05) is 0 Å². The fourth-order valence-electron chi connectivity index (χ4n) is 0.856. The molecule has 1 aromatic rings. The first-order valence-corrected chi connectivity index (χ1v) is 3.58. The number of nitrogens with zero attached hydrogens (tertiary/aromatic N) is 2. The Balaban J connectivity index is 3.19. The molecule has 7 heteroatoms. The number of carbonyl (C=O) groups is 1. The van der Waals surface area contributed by atoms with E-state index in [4.69, 9.17) is 5.26 Å². The Morgan fingerprint density at radius 2 is 2.20 bits per heavy atom. The molecule has 0 saturated carbocycles. The SMILES string of the molecule is N#Cc1ccnc(OC(F)(F)F)c1C=O. The number of aldehydes is 1. The molecule has 0 saturated heterocycles. The Labute approximate surface area is 81.9 Å². The zero-order valence-electron chi connectivity index (χ0n) is 7.08. The zero-order valence-corrected chi connectivity index (χ0v) is 7.08. The van der Waals surface area contributed by atoms with Crippen LogP contribution in [-0.2, 0) is 0 Å². The molecule has 0 bridgehead atoms. The van der Waals surface area contributed by atoms with E-state index in [-0.39, 0.29) is 11.8 Å². The highest BCUT2D eigenvalue weighted by atomic mass is 19.4. The van der Waals surface area contributed by atoms with Crippen molar-refractivity contribution in [2.45, 2.75) is 6.36 Å². The molecule has 1 heterocycles. The van der Waals surface area contributed by atoms with E-state index in [1.165, 1.54) is 0 Å². The Bertz CT molecular complexity index is 423. The molecule has 0 spiro atoms. The second-order valence-electron chi connectivity index (χ2n) is 2.35. The first kappa shape index (κ1) is 11.0. The number of hydrogen-bond donors (Lipinski definition) is 0. The molecule has 0 atom stereocenters. The largest absolute Gasteiger partial charge is 0.574 e. The smallest absolute Gasteiger partial charge is 0.387 e. The van der Waals surface area contributed by atoms with Crippen molar-refractivity contribution in [2.75, 3.05) is 0 Å². The Kier molecular flexibility index (Phi) is 2.90. The van der Waals surface area contributed by atoms with E-state index < -0.39 is 17.8 Å². The maximum absolute atomic E-state index is 11.8. The first-order valence-electron chi connectivity index (χ1n) is 3.58. The van der Waals surface area contributed by atoms with Crippen LogP contribution in [0.5, 0.6) is 5.88 Å². The van der Waals surface area contributed by atoms with Crippen LogP contribution in [0, 0.1) is 11.3 Å². The monoisotopic (exact) mass is 216 g/mol. The molecule has 0 aliphatic rings. The first-order chi connectivity index (χ1) is 6.98.